The number of carbonyl (C=O) groups excluding carboxylic acids is 1. The fraction of sp³-hybridized carbons (Fsp3) is 0.933. The molecule has 1 unspecified atom stereocenters. The predicted molar refractivity (Wildman–Crippen MR) is 75.8 cm³/mol. The Kier molecular flexibility index (Phi) is 5.35. The van der Waals surface area contributed by atoms with Crippen molar-refractivity contribution in [3.8, 4) is 0 Å². The molecule has 0 N–H and O–H groups in total. The number of likely N-dealkylation sites (tertiary alicyclic amines) is 1. The highest BCUT2D eigenvalue weighted by Crippen LogP contribution is 2.28. The molecular formula is C15H26ClNO. The van der Waals surface area contributed by atoms with E-state index in [9.17, 15) is 4.79 Å². The van der Waals surface area contributed by atoms with E-state index in [-0.39, 0.29) is 5.38 Å². The Labute approximate surface area is 116 Å². The number of halogens is 1. The van der Waals surface area contributed by atoms with E-state index in [1.807, 2.05) is 0 Å². The maximum atomic E-state index is 12.2. The van der Waals surface area contributed by atoms with Gasteiger partial charge in [0.25, 0.3) is 0 Å². The van der Waals surface area contributed by atoms with Crippen LogP contribution in [0, 0.1) is 11.8 Å². The van der Waals surface area contributed by atoms with E-state index >= 15 is 0 Å². The summed E-state index contributed by atoms with van der Waals surface area (Å²) < 4.78 is 0. The first kappa shape index (κ1) is 14.2. The van der Waals surface area contributed by atoms with E-state index in [0.29, 0.717) is 17.7 Å². The highest BCUT2D eigenvalue weighted by Gasteiger charge is 2.27. The van der Waals surface area contributed by atoms with Crippen LogP contribution in [0.4, 0.5) is 0 Å². The van der Waals surface area contributed by atoms with E-state index in [0.717, 1.165) is 32.4 Å². The van der Waals surface area contributed by atoms with Gasteiger partial charge in [0.15, 0.2) is 0 Å². The van der Waals surface area contributed by atoms with Crippen LogP contribution in [0.25, 0.3) is 0 Å². The van der Waals surface area contributed by atoms with Gasteiger partial charge in [-0.3, -0.25) is 4.79 Å². The zero-order chi connectivity index (χ0) is 13.0. The van der Waals surface area contributed by atoms with Crippen LogP contribution >= 0.6 is 11.6 Å². The molecule has 1 saturated heterocycles. The molecule has 2 nitrogen and oxygen atoms in total. The smallest absolute Gasteiger partial charge is 0.222 e. The van der Waals surface area contributed by atoms with Crippen molar-refractivity contribution in [2.24, 2.45) is 11.8 Å². The van der Waals surface area contributed by atoms with Gasteiger partial charge in [0.2, 0.25) is 5.91 Å². The lowest BCUT2D eigenvalue weighted by Gasteiger charge is -2.34. The molecule has 2 fully saturated rings. The first-order valence-electron chi connectivity index (χ1n) is 7.58. The predicted octanol–water partition coefficient (Wildman–Crippen LogP) is 3.82. The SMILES string of the molecule is CC(Cl)C1CCN(C(=O)CC2CCCCC2)CC1. The van der Waals surface area contributed by atoms with Crippen LogP contribution < -0.4 is 0 Å². The lowest BCUT2D eigenvalue weighted by atomic mass is 9.86. The summed E-state index contributed by atoms with van der Waals surface area (Å²) >= 11 is 6.14. The van der Waals surface area contributed by atoms with Gasteiger partial charge in [-0.1, -0.05) is 19.3 Å². The van der Waals surface area contributed by atoms with Crippen molar-refractivity contribution in [1.29, 1.82) is 0 Å². The van der Waals surface area contributed by atoms with Crippen LogP contribution in [-0.4, -0.2) is 29.3 Å². The molecule has 0 aromatic carbocycles. The summed E-state index contributed by atoms with van der Waals surface area (Å²) in [6.07, 6.45) is 9.50. The van der Waals surface area contributed by atoms with Crippen molar-refractivity contribution in [3.05, 3.63) is 0 Å². The minimum absolute atomic E-state index is 0.251. The number of rotatable bonds is 3. The number of amides is 1. The molecule has 0 bridgehead atoms. The van der Waals surface area contributed by atoms with Gasteiger partial charge in [0.1, 0.15) is 0 Å². The lowest BCUT2D eigenvalue weighted by Crippen LogP contribution is -2.40. The van der Waals surface area contributed by atoms with E-state index in [4.69, 9.17) is 11.6 Å². The van der Waals surface area contributed by atoms with Gasteiger partial charge in [-0.25, -0.2) is 0 Å². The quantitative estimate of drug-likeness (QED) is 0.715. The average molecular weight is 272 g/mol. The second-order valence-corrected chi connectivity index (χ2v) is 6.79. The van der Waals surface area contributed by atoms with E-state index in [1.54, 1.807) is 0 Å². The van der Waals surface area contributed by atoms with Crippen molar-refractivity contribution < 1.29 is 4.79 Å². The van der Waals surface area contributed by atoms with Crippen LogP contribution in [0.2, 0.25) is 0 Å². The van der Waals surface area contributed by atoms with Crippen molar-refractivity contribution in [2.75, 3.05) is 13.1 Å². The molecule has 104 valence electrons. The second kappa shape index (κ2) is 6.79. The fourth-order valence-electron chi connectivity index (χ4n) is 3.38. The highest BCUT2D eigenvalue weighted by molar-refractivity contribution is 6.20. The van der Waals surface area contributed by atoms with Gasteiger partial charge >= 0.3 is 0 Å². The molecule has 1 heterocycles. The fourth-order valence-corrected chi connectivity index (χ4v) is 3.63. The third-order valence-electron chi connectivity index (χ3n) is 4.73. The molecule has 1 aliphatic carbocycles. The van der Waals surface area contributed by atoms with Gasteiger partial charge in [-0.05, 0) is 44.4 Å². The normalized spacial score (nSPS) is 25.1. The molecule has 0 radical (unpaired) electrons. The molecule has 3 heteroatoms. The van der Waals surface area contributed by atoms with Crippen molar-refractivity contribution in [1.82, 2.24) is 4.90 Å². The topological polar surface area (TPSA) is 20.3 Å². The molecule has 1 saturated carbocycles. The molecule has 1 amide bonds. The Morgan fingerprint density at radius 2 is 1.78 bits per heavy atom. The molecule has 0 aromatic rings. The first-order valence-corrected chi connectivity index (χ1v) is 8.02. The monoisotopic (exact) mass is 271 g/mol. The van der Waals surface area contributed by atoms with Crippen molar-refractivity contribution >= 4 is 17.5 Å². The number of piperidine rings is 1. The summed E-state index contributed by atoms with van der Waals surface area (Å²) in [6, 6.07) is 0. The third-order valence-corrected chi connectivity index (χ3v) is 5.09. The summed E-state index contributed by atoms with van der Waals surface area (Å²) in [7, 11) is 0. The van der Waals surface area contributed by atoms with Crippen molar-refractivity contribution in [3.63, 3.8) is 0 Å². The molecule has 1 aliphatic heterocycles. The summed E-state index contributed by atoms with van der Waals surface area (Å²) in [4.78, 5) is 14.3. The largest absolute Gasteiger partial charge is 0.343 e. The third kappa shape index (κ3) is 3.88. The maximum Gasteiger partial charge on any atom is 0.222 e. The molecular weight excluding hydrogens is 246 g/mol. The van der Waals surface area contributed by atoms with Crippen LogP contribution in [0.3, 0.4) is 0 Å². The zero-order valence-electron chi connectivity index (χ0n) is 11.5. The maximum absolute atomic E-state index is 12.2. The number of hydrogen-bond donors (Lipinski definition) is 0. The van der Waals surface area contributed by atoms with Gasteiger partial charge in [-0.15, -0.1) is 11.6 Å². The summed E-state index contributed by atoms with van der Waals surface area (Å²) in [5.41, 5.74) is 0. The Hall–Kier alpha value is -0.240. The van der Waals surface area contributed by atoms with Gasteiger partial charge in [0, 0.05) is 24.9 Å². The average Bonchev–Trinajstić information content (AvgIpc) is 2.40. The standard InChI is InChI=1S/C15H26ClNO/c1-12(16)14-7-9-17(10-8-14)15(18)11-13-5-3-2-4-6-13/h12-14H,2-11H2,1H3. The number of nitrogens with zero attached hydrogens (tertiary/aromatic N) is 1. The van der Waals surface area contributed by atoms with E-state index < -0.39 is 0 Å². The molecule has 18 heavy (non-hydrogen) atoms. The number of alkyl halides is 1. The minimum Gasteiger partial charge on any atom is -0.343 e. The van der Waals surface area contributed by atoms with E-state index in [2.05, 4.69) is 11.8 Å². The Morgan fingerprint density at radius 1 is 1.17 bits per heavy atom. The summed E-state index contributed by atoms with van der Waals surface area (Å²) in [5, 5.41) is 0.251. The Morgan fingerprint density at radius 3 is 2.33 bits per heavy atom. The summed E-state index contributed by atoms with van der Waals surface area (Å²) in [5.74, 6) is 1.66. The number of carbonyl (C=O) groups is 1. The van der Waals surface area contributed by atoms with Crippen LogP contribution in [0.15, 0.2) is 0 Å². The van der Waals surface area contributed by atoms with Crippen LogP contribution in [-0.2, 0) is 4.79 Å². The highest BCUT2D eigenvalue weighted by atomic mass is 35.5. The van der Waals surface area contributed by atoms with Crippen LogP contribution in [0.1, 0.15) is 58.3 Å². The Balaban J connectivity index is 1.73. The van der Waals surface area contributed by atoms with Crippen molar-refractivity contribution in [2.45, 2.75) is 63.7 Å². The minimum atomic E-state index is 0.251. The van der Waals surface area contributed by atoms with Crippen LogP contribution in [0.5, 0.6) is 0 Å². The molecule has 0 aromatic heterocycles. The first-order chi connectivity index (χ1) is 8.66. The number of hydrogen-bond acceptors (Lipinski definition) is 1. The van der Waals surface area contributed by atoms with Gasteiger partial charge in [0.05, 0.1) is 0 Å². The van der Waals surface area contributed by atoms with Gasteiger partial charge < -0.3 is 4.90 Å². The molecule has 2 rings (SSSR count). The second-order valence-electron chi connectivity index (χ2n) is 6.10. The molecule has 2 aliphatic rings. The molecule has 0 spiro atoms. The summed E-state index contributed by atoms with van der Waals surface area (Å²) in [6.45, 7) is 3.92. The van der Waals surface area contributed by atoms with E-state index in [1.165, 1.54) is 32.1 Å². The molecule has 1 atom stereocenters. The van der Waals surface area contributed by atoms with Gasteiger partial charge in [-0.2, -0.15) is 0 Å². The zero-order valence-corrected chi connectivity index (χ0v) is 12.3. The Bertz CT molecular complexity index is 266. The lowest BCUT2D eigenvalue weighted by molar-refractivity contribution is -0.133.